The summed E-state index contributed by atoms with van der Waals surface area (Å²) in [4.78, 5) is 14.1. The van der Waals surface area contributed by atoms with Gasteiger partial charge in [0.1, 0.15) is 5.82 Å². The van der Waals surface area contributed by atoms with E-state index in [-0.39, 0.29) is 0 Å². The van der Waals surface area contributed by atoms with E-state index in [0.717, 1.165) is 18.8 Å². The molecule has 0 unspecified atom stereocenters. The zero-order valence-electron chi connectivity index (χ0n) is 16.8. The van der Waals surface area contributed by atoms with Crippen LogP contribution < -0.4 is 0 Å². The van der Waals surface area contributed by atoms with Crippen LogP contribution in [0, 0.1) is 5.41 Å². The van der Waals surface area contributed by atoms with Crippen LogP contribution in [0.4, 0.5) is 0 Å². The number of hydrogen-bond donors (Lipinski definition) is 0. The molecule has 144 valence electrons. The van der Waals surface area contributed by atoms with Crippen LogP contribution >= 0.6 is 0 Å². The molecule has 4 heteroatoms. The van der Waals surface area contributed by atoms with E-state index in [1.807, 2.05) is 12.4 Å². The van der Waals surface area contributed by atoms with Gasteiger partial charge in [-0.3, -0.25) is 4.90 Å². The summed E-state index contributed by atoms with van der Waals surface area (Å²) >= 11 is 0. The molecule has 27 heavy (non-hydrogen) atoms. The van der Waals surface area contributed by atoms with E-state index in [4.69, 9.17) is 0 Å². The predicted octanol–water partition coefficient (Wildman–Crippen LogP) is 3.74. The molecule has 0 bridgehead atoms. The summed E-state index contributed by atoms with van der Waals surface area (Å²) in [5.41, 5.74) is 3.23. The fourth-order valence-corrected chi connectivity index (χ4v) is 5.07. The first-order valence-electron chi connectivity index (χ1n) is 10.4. The summed E-state index contributed by atoms with van der Waals surface area (Å²) < 4.78 is 0. The number of hydrogen-bond acceptors (Lipinski definition) is 4. The minimum atomic E-state index is 0.479. The van der Waals surface area contributed by atoms with Crippen molar-refractivity contribution in [3.05, 3.63) is 59.7 Å². The highest BCUT2D eigenvalue weighted by Crippen LogP contribution is 2.44. The van der Waals surface area contributed by atoms with Crippen LogP contribution in [0.15, 0.2) is 42.7 Å². The third-order valence-electron chi connectivity index (χ3n) is 6.49. The first kappa shape index (κ1) is 18.6. The maximum absolute atomic E-state index is 4.46. The Morgan fingerprint density at radius 2 is 1.78 bits per heavy atom. The van der Waals surface area contributed by atoms with E-state index >= 15 is 0 Å². The van der Waals surface area contributed by atoms with Crippen LogP contribution in [-0.2, 0) is 13.0 Å². The number of likely N-dealkylation sites (tertiary alicyclic amines) is 2. The molecule has 0 amide bonds. The molecular formula is C23H32N4. The molecule has 4 rings (SSSR count). The molecule has 0 saturated carbocycles. The standard InChI is InChI=1S/C23H32N4/c1-3-22-24-14-19(15-25-22)16-27-11-9-23(10-12-27)13-21(17-26(2)18-23)20-7-5-4-6-8-20/h4-8,14-15,21H,3,9-13,16-18H2,1-2H3/t21-/m1/s1. The summed E-state index contributed by atoms with van der Waals surface area (Å²) in [5, 5.41) is 0. The molecule has 0 radical (unpaired) electrons. The fourth-order valence-electron chi connectivity index (χ4n) is 5.07. The highest BCUT2D eigenvalue weighted by atomic mass is 15.2. The lowest BCUT2D eigenvalue weighted by Gasteiger charge is -2.49. The van der Waals surface area contributed by atoms with Gasteiger partial charge in [-0.1, -0.05) is 37.3 Å². The predicted molar refractivity (Wildman–Crippen MR) is 110 cm³/mol. The lowest BCUT2D eigenvalue weighted by molar-refractivity contribution is 0.0218. The van der Waals surface area contributed by atoms with Crippen molar-refractivity contribution in [3.8, 4) is 0 Å². The quantitative estimate of drug-likeness (QED) is 0.827. The van der Waals surface area contributed by atoms with Gasteiger partial charge in [0.15, 0.2) is 0 Å². The van der Waals surface area contributed by atoms with Crippen LogP contribution in [0.2, 0.25) is 0 Å². The number of likely N-dealkylation sites (N-methyl/N-ethyl adjacent to an activating group) is 1. The third kappa shape index (κ3) is 4.39. The summed E-state index contributed by atoms with van der Waals surface area (Å²) in [6.45, 7) is 7.89. The molecule has 1 spiro atoms. The van der Waals surface area contributed by atoms with Gasteiger partial charge in [0.25, 0.3) is 0 Å². The first-order chi connectivity index (χ1) is 13.2. The van der Waals surface area contributed by atoms with Gasteiger partial charge in [-0.15, -0.1) is 0 Å². The summed E-state index contributed by atoms with van der Waals surface area (Å²) in [7, 11) is 2.30. The van der Waals surface area contributed by atoms with Crippen molar-refractivity contribution in [3.63, 3.8) is 0 Å². The Hall–Kier alpha value is -1.78. The maximum atomic E-state index is 4.46. The van der Waals surface area contributed by atoms with E-state index in [9.17, 15) is 0 Å². The van der Waals surface area contributed by atoms with Gasteiger partial charge in [0.2, 0.25) is 0 Å². The molecule has 1 atom stereocenters. The van der Waals surface area contributed by atoms with Crippen LogP contribution in [0.1, 0.15) is 49.1 Å². The molecule has 2 aliphatic heterocycles. The molecule has 2 saturated heterocycles. The molecule has 0 N–H and O–H groups in total. The van der Waals surface area contributed by atoms with E-state index in [1.54, 1.807) is 0 Å². The fraction of sp³-hybridized carbons (Fsp3) is 0.565. The molecular weight excluding hydrogens is 332 g/mol. The second-order valence-electron chi connectivity index (χ2n) is 8.65. The number of nitrogens with zero attached hydrogens (tertiary/aromatic N) is 4. The number of piperidine rings is 2. The van der Waals surface area contributed by atoms with Crippen LogP contribution in [-0.4, -0.2) is 53.0 Å². The second-order valence-corrected chi connectivity index (χ2v) is 8.65. The molecule has 3 heterocycles. The van der Waals surface area contributed by atoms with Crippen molar-refractivity contribution in [1.82, 2.24) is 19.8 Å². The van der Waals surface area contributed by atoms with Crippen LogP contribution in [0.25, 0.3) is 0 Å². The zero-order chi connectivity index (χ0) is 18.7. The average Bonchev–Trinajstić information content (AvgIpc) is 2.71. The van der Waals surface area contributed by atoms with Gasteiger partial charge in [-0.25, -0.2) is 9.97 Å². The highest BCUT2D eigenvalue weighted by molar-refractivity contribution is 5.21. The number of rotatable bonds is 4. The average molecular weight is 365 g/mol. The largest absolute Gasteiger partial charge is 0.305 e. The summed E-state index contributed by atoms with van der Waals surface area (Å²) in [6, 6.07) is 11.1. The van der Waals surface area contributed by atoms with Gasteiger partial charge < -0.3 is 4.90 Å². The monoisotopic (exact) mass is 364 g/mol. The van der Waals surface area contributed by atoms with E-state index in [2.05, 4.69) is 64.1 Å². The minimum Gasteiger partial charge on any atom is -0.305 e. The molecule has 2 aliphatic rings. The van der Waals surface area contributed by atoms with Crippen molar-refractivity contribution in [2.75, 3.05) is 33.2 Å². The first-order valence-corrected chi connectivity index (χ1v) is 10.4. The minimum absolute atomic E-state index is 0.479. The smallest absolute Gasteiger partial charge is 0.127 e. The Kier molecular flexibility index (Phi) is 5.55. The molecule has 2 aromatic rings. The Balaban J connectivity index is 1.38. The number of aryl methyl sites for hydroxylation is 1. The number of aromatic nitrogens is 2. The molecule has 1 aromatic heterocycles. The Bertz CT molecular complexity index is 720. The molecule has 2 fully saturated rings. The lowest BCUT2D eigenvalue weighted by Crippen LogP contribution is -2.50. The van der Waals surface area contributed by atoms with Crippen molar-refractivity contribution < 1.29 is 0 Å². The van der Waals surface area contributed by atoms with Crippen molar-refractivity contribution in [1.29, 1.82) is 0 Å². The Morgan fingerprint density at radius 3 is 2.44 bits per heavy atom. The normalized spacial score (nSPS) is 23.6. The number of benzene rings is 1. The van der Waals surface area contributed by atoms with E-state index in [0.29, 0.717) is 11.3 Å². The third-order valence-corrected chi connectivity index (χ3v) is 6.49. The SMILES string of the molecule is CCc1ncc(CN2CCC3(CC2)C[C@@H](c2ccccc2)CN(C)C3)cn1. The van der Waals surface area contributed by atoms with Crippen molar-refractivity contribution in [2.24, 2.45) is 5.41 Å². The Labute approximate surface area is 163 Å². The zero-order valence-corrected chi connectivity index (χ0v) is 16.8. The van der Waals surface area contributed by atoms with E-state index in [1.165, 1.54) is 56.6 Å². The van der Waals surface area contributed by atoms with Gasteiger partial charge >= 0.3 is 0 Å². The van der Waals surface area contributed by atoms with Gasteiger partial charge in [-0.2, -0.15) is 0 Å². The van der Waals surface area contributed by atoms with Gasteiger partial charge in [0, 0.05) is 44.0 Å². The van der Waals surface area contributed by atoms with Gasteiger partial charge in [0.05, 0.1) is 0 Å². The van der Waals surface area contributed by atoms with Crippen molar-refractivity contribution in [2.45, 2.75) is 45.1 Å². The molecule has 4 nitrogen and oxygen atoms in total. The van der Waals surface area contributed by atoms with Crippen molar-refractivity contribution >= 4 is 0 Å². The highest BCUT2D eigenvalue weighted by Gasteiger charge is 2.41. The molecule has 1 aromatic carbocycles. The topological polar surface area (TPSA) is 32.3 Å². The maximum Gasteiger partial charge on any atom is 0.127 e. The lowest BCUT2D eigenvalue weighted by atomic mass is 9.68. The van der Waals surface area contributed by atoms with Crippen LogP contribution in [0.5, 0.6) is 0 Å². The second kappa shape index (κ2) is 8.07. The Morgan fingerprint density at radius 1 is 1.07 bits per heavy atom. The molecule has 0 aliphatic carbocycles. The van der Waals surface area contributed by atoms with Crippen LogP contribution in [0.3, 0.4) is 0 Å². The van der Waals surface area contributed by atoms with Gasteiger partial charge in [-0.05, 0) is 56.3 Å². The van der Waals surface area contributed by atoms with E-state index < -0.39 is 0 Å². The summed E-state index contributed by atoms with van der Waals surface area (Å²) in [5.74, 6) is 1.61. The summed E-state index contributed by atoms with van der Waals surface area (Å²) in [6.07, 6.45) is 8.86.